The molecule has 0 aliphatic heterocycles. The molecule has 2 rings (SSSR count). The number of thiophene rings is 1. The van der Waals surface area contributed by atoms with Gasteiger partial charge in [0, 0.05) is 6.20 Å². The first-order valence-corrected chi connectivity index (χ1v) is 5.86. The number of carbonyl (C=O) groups is 2. The second-order valence-corrected chi connectivity index (χ2v) is 4.34. The van der Waals surface area contributed by atoms with Crippen molar-refractivity contribution in [3.05, 3.63) is 41.0 Å². The van der Waals surface area contributed by atoms with Crippen LogP contribution in [0.1, 0.15) is 20.8 Å². The summed E-state index contributed by atoms with van der Waals surface area (Å²) in [5, 5.41) is 4.62. The van der Waals surface area contributed by atoms with Gasteiger partial charge in [-0.3, -0.25) is 9.59 Å². The van der Waals surface area contributed by atoms with E-state index in [1.807, 2.05) is 0 Å². The number of anilines is 2. The van der Waals surface area contributed by atoms with Gasteiger partial charge in [-0.1, -0.05) is 0 Å². The number of hydrogen-bond donors (Lipinski definition) is 3. The van der Waals surface area contributed by atoms with Crippen molar-refractivity contribution in [2.75, 3.05) is 11.1 Å². The van der Waals surface area contributed by atoms with E-state index >= 15 is 0 Å². The van der Waals surface area contributed by atoms with Crippen LogP contribution in [0, 0.1) is 0 Å². The lowest BCUT2D eigenvalue weighted by Crippen LogP contribution is -2.18. The summed E-state index contributed by atoms with van der Waals surface area (Å²) in [4.78, 5) is 26.9. The molecule has 0 bridgehead atoms. The van der Waals surface area contributed by atoms with Crippen LogP contribution in [0.4, 0.5) is 10.7 Å². The van der Waals surface area contributed by atoms with E-state index in [9.17, 15) is 9.59 Å². The van der Waals surface area contributed by atoms with Crippen molar-refractivity contribution in [1.82, 2.24) is 4.98 Å². The summed E-state index contributed by atoms with van der Waals surface area (Å²) in [5.74, 6) is -1.07. The lowest BCUT2D eigenvalue weighted by atomic mass is 10.2. The monoisotopic (exact) mass is 262 g/mol. The molecule has 0 radical (unpaired) electrons. The first-order valence-electron chi connectivity index (χ1n) is 4.98. The number of nitrogens with zero attached hydrogens (tertiary/aromatic N) is 1. The molecule has 0 aliphatic carbocycles. The number of nitrogen functional groups attached to an aromatic ring is 1. The maximum Gasteiger partial charge on any atom is 0.277 e. The van der Waals surface area contributed by atoms with Crippen molar-refractivity contribution in [3.8, 4) is 0 Å². The molecule has 0 atom stereocenters. The van der Waals surface area contributed by atoms with Crippen LogP contribution in [0.15, 0.2) is 29.8 Å². The molecule has 0 saturated heterocycles. The molecule has 5 N–H and O–H groups in total. The number of rotatable bonds is 3. The van der Waals surface area contributed by atoms with Crippen molar-refractivity contribution < 1.29 is 9.59 Å². The standard InChI is InChI=1S/C11H10N4O2S/c12-7-2-1-4-14-8(7)10(17)15-11-6(9(13)16)3-5-18-11/h1-5H,12H2,(H2,13,16)(H,15,17). The van der Waals surface area contributed by atoms with Gasteiger partial charge in [-0.25, -0.2) is 4.98 Å². The predicted octanol–water partition coefficient (Wildman–Crippen LogP) is 1.08. The normalized spacial score (nSPS) is 10.0. The Bertz CT molecular complexity index is 609. The van der Waals surface area contributed by atoms with E-state index in [-0.39, 0.29) is 16.9 Å². The van der Waals surface area contributed by atoms with Gasteiger partial charge in [0.15, 0.2) is 5.69 Å². The minimum atomic E-state index is -0.597. The Morgan fingerprint density at radius 1 is 1.33 bits per heavy atom. The zero-order chi connectivity index (χ0) is 13.1. The lowest BCUT2D eigenvalue weighted by Gasteiger charge is -2.05. The summed E-state index contributed by atoms with van der Waals surface area (Å²) in [6.45, 7) is 0. The first kappa shape index (κ1) is 12.1. The Morgan fingerprint density at radius 3 is 2.78 bits per heavy atom. The van der Waals surface area contributed by atoms with E-state index in [1.54, 1.807) is 23.6 Å². The van der Waals surface area contributed by atoms with Crippen molar-refractivity contribution in [3.63, 3.8) is 0 Å². The van der Waals surface area contributed by atoms with Gasteiger partial charge >= 0.3 is 0 Å². The minimum absolute atomic E-state index is 0.112. The van der Waals surface area contributed by atoms with Gasteiger partial charge in [0.25, 0.3) is 11.8 Å². The molecule has 2 amide bonds. The van der Waals surface area contributed by atoms with Crippen LogP contribution in [0.25, 0.3) is 0 Å². The molecule has 92 valence electrons. The number of pyridine rings is 1. The summed E-state index contributed by atoms with van der Waals surface area (Å²) in [5.41, 5.74) is 11.5. The highest BCUT2D eigenvalue weighted by molar-refractivity contribution is 7.14. The Balaban J connectivity index is 2.25. The lowest BCUT2D eigenvalue weighted by molar-refractivity contribution is 0.100. The van der Waals surface area contributed by atoms with Crippen molar-refractivity contribution in [1.29, 1.82) is 0 Å². The molecule has 6 nitrogen and oxygen atoms in total. The average molecular weight is 262 g/mol. The van der Waals surface area contributed by atoms with Crippen LogP contribution in [-0.4, -0.2) is 16.8 Å². The number of nitrogens with two attached hydrogens (primary N) is 2. The molecule has 0 saturated carbocycles. The summed E-state index contributed by atoms with van der Waals surface area (Å²) in [7, 11) is 0. The topological polar surface area (TPSA) is 111 Å². The van der Waals surface area contributed by atoms with Gasteiger partial charge in [0.05, 0.1) is 11.3 Å². The fraction of sp³-hybridized carbons (Fsp3) is 0. The van der Waals surface area contributed by atoms with Gasteiger partial charge in [-0.05, 0) is 23.6 Å². The van der Waals surface area contributed by atoms with Crippen LogP contribution in [0.2, 0.25) is 0 Å². The van der Waals surface area contributed by atoms with Crippen molar-refractivity contribution in [2.24, 2.45) is 5.73 Å². The smallest absolute Gasteiger partial charge is 0.277 e. The highest BCUT2D eigenvalue weighted by Crippen LogP contribution is 2.23. The van der Waals surface area contributed by atoms with Crippen LogP contribution in [-0.2, 0) is 0 Å². The van der Waals surface area contributed by atoms with Crippen molar-refractivity contribution >= 4 is 33.8 Å². The zero-order valence-corrected chi connectivity index (χ0v) is 10.0. The second-order valence-electron chi connectivity index (χ2n) is 3.42. The summed E-state index contributed by atoms with van der Waals surface area (Å²) in [6, 6.07) is 4.75. The number of aromatic nitrogens is 1. The Morgan fingerprint density at radius 2 is 2.11 bits per heavy atom. The Hall–Kier alpha value is -2.41. The van der Waals surface area contributed by atoms with Crippen LogP contribution < -0.4 is 16.8 Å². The highest BCUT2D eigenvalue weighted by Gasteiger charge is 2.15. The van der Waals surface area contributed by atoms with E-state index in [0.29, 0.717) is 5.00 Å². The Labute approximate surface area is 107 Å². The minimum Gasteiger partial charge on any atom is -0.397 e. The molecule has 2 heterocycles. The van der Waals surface area contributed by atoms with Gasteiger partial charge in [-0.2, -0.15) is 0 Å². The van der Waals surface area contributed by atoms with E-state index in [4.69, 9.17) is 11.5 Å². The van der Waals surface area contributed by atoms with E-state index in [1.165, 1.54) is 17.5 Å². The molecule has 18 heavy (non-hydrogen) atoms. The summed E-state index contributed by atoms with van der Waals surface area (Å²) < 4.78 is 0. The highest BCUT2D eigenvalue weighted by atomic mass is 32.1. The van der Waals surface area contributed by atoms with Gasteiger partial charge in [0.2, 0.25) is 0 Å². The third-order valence-electron chi connectivity index (χ3n) is 2.21. The summed E-state index contributed by atoms with van der Waals surface area (Å²) >= 11 is 1.21. The van der Waals surface area contributed by atoms with Crippen LogP contribution >= 0.6 is 11.3 Å². The summed E-state index contributed by atoms with van der Waals surface area (Å²) in [6.07, 6.45) is 1.47. The fourth-order valence-electron chi connectivity index (χ4n) is 1.37. The van der Waals surface area contributed by atoms with Crippen LogP contribution in [0.5, 0.6) is 0 Å². The van der Waals surface area contributed by atoms with Crippen LogP contribution in [0.3, 0.4) is 0 Å². The molecule has 0 aliphatic rings. The third-order valence-corrected chi connectivity index (χ3v) is 3.04. The number of hydrogen-bond acceptors (Lipinski definition) is 5. The molecule has 2 aromatic rings. The largest absolute Gasteiger partial charge is 0.397 e. The average Bonchev–Trinajstić information content (AvgIpc) is 2.77. The van der Waals surface area contributed by atoms with Gasteiger partial charge < -0.3 is 16.8 Å². The number of amides is 2. The zero-order valence-electron chi connectivity index (χ0n) is 9.21. The maximum atomic E-state index is 11.9. The van der Waals surface area contributed by atoms with E-state index in [2.05, 4.69) is 10.3 Å². The first-order chi connectivity index (χ1) is 8.59. The predicted molar refractivity (Wildman–Crippen MR) is 69.4 cm³/mol. The van der Waals surface area contributed by atoms with Crippen molar-refractivity contribution in [2.45, 2.75) is 0 Å². The molecule has 0 aromatic carbocycles. The molecule has 0 fully saturated rings. The van der Waals surface area contributed by atoms with E-state index < -0.39 is 11.8 Å². The molecular weight excluding hydrogens is 252 g/mol. The van der Waals surface area contributed by atoms with Gasteiger partial charge in [-0.15, -0.1) is 11.3 Å². The Kier molecular flexibility index (Phi) is 3.24. The molecule has 0 spiro atoms. The molecule has 0 unspecified atom stereocenters. The molecule has 2 aromatic heterocycles. The molecule has 7 heteroatoms. The number of primary amides is 1. The number of carbonyl (C=O) groups excluding carboxylic acids is 2. The number of nitrogens with one attached hydrogen (secondary N) is 1. The quantitative estimate of drug-likeness (QED) is 0.768. The van der Waals surface area contributed by atoms with Gasteiger partial charge in [0.1, 0.15) is 5.00 Å². The fourth-order valence-corrected chi connectivity index (χ4v) is 2.16. The molecular formula is C11H10N4O2S. The van der Waals surface area contributed by atoms with E-state index in [0.717, 1.165) is 0 Å². The third kappa shape index (κ3) is 2.30. The second kappa shape index (κ2) is 4.84. The SMILES string of the molecule is NC(=O)c1ccsc1NC(=O)c1ncccc1N. The maximum absolute atomic E-state index is 11.9.